The lowest BCUT2D eigenvalue weighted by Gasteiger charge is -2.11. The van der Waals surface area contributed by atoms with Crippen molar-refractivity contribution < 1.29 is 4.79 Å². The van der Waals surface area contributed by atoms with Crippen LogP contribution in [0.25, 0.3) is 5.69 Å². The highest BCUT2D eigenvalue weighted by molar-refractivity contribution is 5.95. The molecule has 0 radical (unpaired) electrons. The second kappa shape index (κ2) is 5.95. The van der Waals surface area contributed by atoms with E-state index in [2.05, 4.69) is 26.8 Å². The Morgan fingerprint density at radius 2 is 2.40 bits per heavy atom. The molecule has 1 unspecified atom stereocenters. The number of carbonyl (C=O) groups is 1. The van der Waals surface area contributed by atoms with Gasteiger partial charge in [-0.2, -0.15) is 0 Å². The minimum absolute atomic E-state index is 0.202. The molecule has 0 aliphatic heterocycles. The van der Waals surface area contributed by atoms with E-state index in [4.69, 9.17) is 12.2 Å². The zero-order valence-corrected chi connectivity index (χ0v) is 10.9. The van der Waals surface area contributed by atoms with Crippen molar-refractivity contribution >= 4 is 11.6 Å². The average Bonchev–Trinajstić information content (AvgIpc) is 2.93. The molecule has 0 aliphatic rings. The maximum atomic E-state index is 11.8. The van der Waals surface area contributed by atoms with Gasteiger partial charge in [0.25, 0.3) is 0 Å². The number of rotatable bonds is 4. The minimum atomic E-state index is -0.709. The van der Waals surface area contributed by atoms with Gasteiger partial charge in [0.1, 0.15) is 6.33 Å². The Morgan fingerprint density at radius 3 is 3.00 bits per heavy atom. The van der Waals surface area contributed by atoms with Crippen LogP contribution in [0.5, 0.6) is 0 Å². The Bertz CT molecular complexity index is 643. The van der Waals surface area contributed by atoms with E-state index < -0.39 is 6.04 Å². The lowest BCUT2D eigenvalue weighted by Crippen LogP contribution is -2.35. The SMILES string of the molecule is C#CCC(N)C(=O)Nc1ccc(-n2cnnn2)c(C)c1. The molecule has 0 fully saturated rings. The highest BCUT2D eigenvalue weighted by atomic mass is 16.2. The second-order valence-corrected chi connectivity index (χ2v) is 4.26. The fourth-order valence-electron chi connectivity index (χ4n) is 1.72. The van der Waals surface area contributed by atoms with Crippen LogP contribution in [0, 0.1) is 19.3 Å². The van der Waals surface area contributed by atoms with E-state index in [-0.39, 0.29) is 12.3 Å². The van der Waals surface area contributed by atoms with Gasteiger partial charge in [-0.1, -0.05) is 0 Å². The first-order valence-corrected chi connectivity index (χ1v) is 5.95. The third-order valence-electron chi connectivity index (χ3n) is 2.73. The number of amides is 1. The first kappa shape index (κ1) is 13.7. The van der Waals surface area contributed by atoms with Gasteiger partial charge in [0.2, 0.25) is 5.91 Å². The van der Waals surface area contributed by atoms with Crippen LogP contribution in [0.2, 0.25) is 0 Å². The van der Waals surface area contributed by atoms with Crippen LogP contribution in [-0.2, 0) is 4.79 Å². The maximum absolute atomic E-state index is 11.8. The molecule has 2 aromatic rings. The Balaban J connectivity index is 2.14. The molecule has 1 heterocycles. The molecule has 20 heavy (non-hydrogen) atoms. The molecular formula is C13H14N6O. The summed E-state index contributed by atoms with van der Waals surface area (Å²) in [4.78, 5) is 11.8. The van der Waals surface area contributed by atoms with Crippen molar-refractivity contribution in [2.24, 2.45) is 5.73 Å². The maximum Gasteiger partial charge on any atom is 0.242 e. The van der Waals surface area contributed by atoms with Gasteiger partial charge in [0, 0.05) is 12.1 Å². The van der Waals surface area contributed by atoms with Gasteiger partial charge in [0.05, 0.1) is 11.7 Å². The van der Waals surface area contributed by atoms with E-state index >= 15 is 0 Å². The largest absolute Gasteiger partial charge is 0.325 e. The molecule has 0 saturated carbocycles. The van der Waals surface area contributed by atoms with Gasteiger partial charge in [-0.05, 0) is 41.1 Å². The quantitative estimate of drug-likeness (QED) is 0.776. The Hall–Kier alpha value is -2.72. The number of carbonyl (C=O) groups excluding carboxylic acids is 1. The number of nitrogens with zero attached hydrogens (tertiary/aromatic N) is 4. The predicted octanol–water partition coefficient (Wildman–Crippen LogP) is 0.260. The molecule has 0 aliphatic carbocycles. The van der Waals surface area contributed by atoms with Crippen molar-refractivity contribution in [3.8, 4) is 18.0 Å². The normalized spacial score (nSPS) is 11.7. The summed E-state index contributed by atoms with van der Waals surface area (Å²) in [5.41, 5.74) is 8.04. The topological polar surface area (TPSA) is 98.7 Å². The number of hydrogen-bond donors (Lipinski definition) is 2. The van der Waals surface area contributed by atoms with E-state index in [1.165, 1.54) is 6.33 Å². The smallest absolute Gasteiger partial charge is 0.242 e. The van der Waals surface area contributed by atoms with E-state index in [0.29, 0.717) is 5.69 Å². The number of nitrogens with two attached hydrogens (primary N) is 1. The summed E-state index contributed by atoms with van der Waals surface area (Å²) in [6.07, 6.45) is 6.83. The Labute approximate surface area is 116 Å². The van der Waals surface area contributed by atoms with Crippen molar-refractivity contribution in [1.82, 2.24) is 20.2 Å². The average molecular weight is 270 g/mol. The molecule has 1 amide bonds. The molecule has 7 heteroatoms. The van der Waals surface area contributed by atoms with Gasteiger partial charge < -0.3 is 11.1 Å². The molecule has 3 N–H and O–H groups in total. The van der Waals surface area contributed by atoms with Crippen molar-refractivity contribution in [2.75, 3.05) is 5.32 Å². The van der Waals surface area contributed by atoms with Crippen LogP contribution in [0.15, 0.2) is 24.5 Å². The zero-order chi connectivity index (χ0) is 14.5. The summed E-state index contributed by atoms with van der Waals surface area (Å²) in [5.74, 6) is 2.05. The Kier molecular flexibility index (Phi) is 4.08. The summed E-state index contributed by atoms with van der Waals surface area (Å²) < 4.78 is 1.55. The zero-order valence-electron chi connectivity index (χ0n) is 10.9. The molecular weight excluding hydrogens is 256 g/mol. The van der Waals surface area contributed by atoms with Crippen molar-refractivity contribution in [2.45, 2.75) is 19.4 Å². The molecule has 0 saturated heterocycles. The molecule has 2 rings (SSSR count). The molecule has 1 aromatic heterocycles. The summed E-state index contributed by atoms with van der Waals surface area (Å²) in [7, 11) is 0. The number of benzene rings is 1. The first-order chi connectivity index (χ1) is 9.61. The monoisotopic (exact) mass is 270 g/mol. The molecule has 0 bridgehead atoms. The van der Waals surface area contributed by atoms with Crippen LogP contribution in [0.1, 0.15) is 12.0 Å². The summed E-state index contributed by atoms with van der Waals surface area (Å²) in [6, 6.07) is 4.68. The van der Waals surface area contributed by atoms with Gasteiger partial charge in [-0.25, -0.2) is 4.68 Å². The number of tetrazole rings is 1. The van der Waals surface area contributed by atoms with E-state index in [1.807, 2.05) is 19.1 Å². The van der Waals surface area contributed by atoms with Crippen LogP contribution < -0.4 is 11.1 Å². The fraction of sp³-hybridized carbons (Fsp3) is 0.231. The number of anilines is 1. The first-order valence-electron chi connectivity index (χ1n) is 5.95. The number of nitrogens with one attached hydrogen (secondary N) is 1. The van der Waals surface area contributed by atoms with Crippen molar-refractivity contribution in [3.05, 3.63) is 30.1 Å². The predicted molar refractivity (Wildman–Crippen MR) is 73.9 cm³/mol. The highest BCUT2D eigenvalue weighted by Crippen LogP contribution is 2.18. The summed E-state index contributed by atoms with van der Waals surface area (Å²) in [6.45, 7) is 1.90. The third-order valence-corrected chi connectivity index (χ3v) is 2.73. The second-order valence-electron chi connectivity index (χ2n) is 4.26. The molecule has 1 aromatic carbocycles. The van der Waals surface area contributed by atoms with E-state index in [1.54, 1.807) is 10.7 Å². The standard InChI is InChI=1S/C13H14N6O/c1-3-4-11(14)13(20)16-10-5-6-12(9(2)7-10)19-8-15-17-18-19/h1,5-8,11H,4,14H2,2H3,(H,16,20). The van der Waals surface area contributed by atoms with Gasteiger partial charge in [0.15, 0.2) is 0 Å². The van der Waals surface area contributed by atoms with Crippen LogP contribution in [0.4, 0.5) is 5.69 Å². The number of hydrogen-bond acceptors (Lipinski definition) is 5. The number of terminal acetylenes is 1. The lowest BCUT2D eigenvalue weighted by molar-refractivity contribution is -0.117. The van der Waals surface area contributed by atoms with E-state index in [0.717, 1.165) is 11.3 Å². The number of aryl methyl sites for hydroxylation is 1. The fourth-order valence-corrected chi connectivity index (χ4v) is 1.72. The summed E-state index contributed by atoms with van der Waals surface area (Å²) >= 11 is 0. The van der Waals surface area contributed by atoms with Crippen LogP contribution in [0.3, 0.4) is 0 Å². The van der Waals surface area contributed by atoms with Crippen molar-refractivity contribution in [1.29, 1.82) is 0 Å². The van der Waals surface area contributed by atoms with Gasteiger partial charge >= 0.3 is 0 Å². The molecule has 0 spiro atoms. The summed E-state index contributed by atoms with van der Waals surface area (Å²) in [5, 5.41) is 13.7. The molecule has 7 nitrogen and oxygen atoms in total. The van der Waals surface area contributed by atoms with E-state index in [9.17, 15) is 4.79 Å². The van der Waals surface area contributed by atoms with Gasteiger partial charge in [-0.3, -0.25) is 4.79 Å². The molecule has 1 atom stereocenters. The molecule has 102 valence electrons. The van der Waals surface area contributed by atoms with Gasteiger partial charge in [-0.15, -0.1) is 17.4 Å². The highest BCUT2D eigenvalue weighted by Gasteiger charge is 2.12. The Morgan fingerprint density at radius 1 is 1.60 bits per heavy atom. The number of aromatic nitrogens is 4. The van der Waals surface area contributed by atoms with Crippen LogP contribution >= 0.6 is 0 Å². The lowest BCUT2D eigenvalue weighted by atomic mass is 10.1. The van der Waals surface area contributed by atoms with Crippen LogP contribution in [-0.4, -0.2) is 32.2 Å². The van der Waals surface area contributed by atoms with Crippen molar-refractivity contribution in [3.63, 3.8) is 0 Å². The third kappa shape index (κ3) is 2.99. The minimum Gasteiger partial charge on any atom is -0.325 e.